The van der Waals surface area contributed by atoms with E-state index in [2.05, 4.69) is 44.9 Å². The molecule has 0 saturated heterocycles. The monoisotopic (exact) mass is 200 g/mol. The lowest BCUT2D eigenvalue weighted by molar-refractivity contribution is 0.742. The molecule has 1 aromatic carbocycles. The minimum atomic E-state index is 0.336. The van der Waals surface area contributed by atoms with E-state index < -0.39 is 0 Å². The summed E-state index contributed by atoms with van der Waals surface area (Å²) in [6, 6.07) is 6.78. The lowest BCUT2D eigenvalue weighted by Gasteiger charge is -2.11. The maximum atomic E-state index is 5.43. The van der Waals surface area contributed by atoms with Crippen LogP contribution in [0.15, 0.2) is 18.2 Å². The van der Waals surface area contributed by atoms with Crippen LogP contribution in [0.4, 0.5) is 0 Å². The summed E-state index contributed by atoms with van der Waals surface area (Å²) in [6.45, 7) is 6.50. The van der Waals surface area contributed by atoms with Crippen LogP contribution in [0, 0.1) is 18.3 Å². The number of rotatable bonds is 4. The van der Waals surface area contributed by atoms with E-state index in [1.807, 2.05) is 0 Å². The second-order valence-corrected chi connectivity index (χ2v) is 4.08. The highest BCUT2D eigenvalue weighted by Crippen LogP contribution is 2.17. The molecule has 0 aliphatic rings. The van der Waals surface area contributed by atoms with E-state index in [0.29, 0.717) is 5.92 Å². The smallest absolute Gasteiger partial charge is 0.0212 e. The van der Waals surface area contributed by atoms with Crippen LogP contribution in [0.5, 0.6) is 0 Å². The van der Waals surface area contributed by atoms with Gasteiger partial charge >= 0.3 is 0 Å². The largest absolute Gasteiger partial charge is 0.120 e. The molecule has 0 bridgehead atoms. The lowest BCUT2D eigenvalue weighted by atomic mass is 9.94. The zero-order chi connectivity index (χ0) is 11.3. The van der Waals surface area contributed by atoms with E-state index in [1.165, 1.54) is 16.7 Å². The van der Waals surface area contributed by atoms with Gasteiger partial charge in [0.05, 0.1) is 0 Å². The standard InChI is InChI=1S/C15H20/c1-5-12(4)10-15-11-13(6-2)8-9-14(15)7-3/h1,8-9,11-12H,6-7,10H2,2-4H3. The maximum Gasteiger partial charge on any atom is 0.0212 e. The van der Waals surface area contributed by atoms with E-state index in [0.717, 1.165) is 19.3 Å². The third kappa shape index (κ3) is 3.13. The average molecular weight is 200 g/mol. The number of terminal acetylenes is 1. The van der Waals surface area contributed by atoms with Gasteiger partial charge in [0.2, 0.25) is 0 Å². The predicted molar refractivity (Wildman–Crippen MR) is 66.9 cm³/mol. The Bertz CT molecular complexity index is 355. The van der Waals surface area contributed by atoms with E-state index in [-0.39, 0.29) is 0 Å². The predicted octanol–water partition coefficient (Wildman–Crippen LogP) is 3.62. The Labute approximate surface area is 93.7 Å². The van der Waals surface area contributed by atoms with Crippen LogP contribution < -0.4 is 0 Å². The fourth-order valence-electron chi connectivity index (χ4n) is 1.82. The first-order valence-corrected chi connectivity index (χ1v) is 5.78. The van der Waals surface area contributed by atoms with Crippen molar-refractivity contribution in [3.05, 3.63) is 34.9 Å². The van der Waals surface area contributed by atoms with Gasteiger partial charge in [-0.15, -0.1) is 12.3 Å². The van der Waals surface area contributed by atoms with E-state index in [9.17, 15) is 0 Å². The van der Waals surface area contributed by atoms with Crippen LogP contribution >= 0.6 is 0 Å². The van der Waals surface area contributed by atoms with Gasteiger partial charge in [0.1, 0.15) is 0 Å². The SMILES string of the molecule is C#CC(C)Cc1cc(CC)ccc1CC. The van der Waals surface area contributed by atoms with Gasteiger partial charge in [0, 0.05) is 5.92 Å². The van der Waals surface area contributed by atoms with Crippen LogP contribution in [0.2, 0.25) is 0 Å². The van der Waals surface area contributed by atoms with Crippen LogP contribution in [0.1, 0.15) is 37.5 Å². The Morgan fingerprint density at radius 1 is 1.20 bits per heavy atom. The summed E-state index contributed by atoms with van der Waals surface area (Å²) in [5, 5.41) is 0. The van der Waals surface area contributed by atoms with Gasteiger partial charge < -0.3 is 0 Å². The number of hydrogen-bond donors (Lipinski definition) is 0. The van der Waals surface area contributed by atoms with Gasteiger partial charge in [0.25, 0.3) is 0 Å². The normalized spacial score (nSPS) is 12.1. The van der Waals surface area contributed by atoms with Crippen molar-refractivity contribution in [1.82, 2.24) is 0 Å². The van der Waals surface area contributed by atoms with Crippen molar-refractivity contribution in [3.63, 3.8) is 0 Å². The van der Waals surface area contributed by atoms with E-state index in [1.54, 1.807) is 0 Å². The molecule has 1 aromatic rings. The first-order valence-electron chi connectivity index (χ1n) is 5.78. The first-order chi connectivity index (χ1) is 7.21. The Hall–Kier alpha value is -1.22. The van der Waals surface area contributed by atoms with Gasteiger partial charge in [0.15, 0.2) is 0 Å². The van der Waals surface area contributed by atoms with Gasteiger partial charge in [-0.3, -0.25) is 0 Å². The molecule has 15 heavy (non-hydrogen) atoms. The lowest BCUT2D eigenvalue weighted by Crippen LogP contribution is -2.01. The number of benzene rings is 1. The summed E-state index contributed by atoms with van der Waals surface area (Å²) in [5.41, 5.74) is 4.28. The van der Waals surface area contributed by atoms with Gasteiger partial charge in [-0.05, 0) is 36.0 Å². The van der Waals surface area contributed by atoms with Crippen LogP contribution in [-0.2, 0) is 19.3 Å². The molecular formula is C15H20. The molecule has 0 heteroatoms. The summed E-state index contributed by atoms with van der Waals surface area (Å²) >= 11 is 0. The molecule has 0 nitrogen and oxygen atoms in total. The highest BCUT2D eigenvalue weighted by Gasteiger charge is 2.05. The molecule has 0 aromatic heterocycles. The van der Waals surface area contributed by atoms with Gasteiger partial charge in [-0.1, -0.05) is 39.0 Å². The Balaban J connectivity index is 2.97. The molecule has 1 atom stereocenters. The molecule has 0 amide bonds. The molecule has 1 unspecified atom stereocenters. The van der Waals surface area contributed by atoms with Crippen molar-refractivity contribution < 1.29 is 0 Å². The molecule has 1 rings (SSSR count). The Morgan fingerprint density at radius 2 is 1.93 bits per heavy atom. The van der Waals surface area contributed by atoms with E-state index in [4.69, 9.17) is 6.42 Å². The van der Waals surface area contributed by atoms with Crippen molar-refractivity contribution in [2.45, 2.75) is 40.0 Å². The second kappa shape index (κ2) is 5.61. The quantitative estimate of drug-likeness (QED) is 0.651. The molecule has 0 aliphatic heterocycles. The summed E-state index contributed by atoms with van der Waals surface area (Å²) in [5.74, 6) is 3.14. The Morgan fingerprint density at radius 3 is 2.47 bits per heavy atom. The molecular weight excluding hydrogens is 180 g/mol. The first kappa shape index (κ1) is 11.9. The van der Waals surface area contributed by atoms with E-state index >= 15 is 0 Å². The molecule has 0 aliphatic carbocycles. The zero-order valence-electron chi connectivity index (χ0n) is 10.0. The summed E-state index contributed by atoms with van der Waals surface area (Å²) in [7, 11) is 0. The molecule has 0 fully saturated rings. The molecule has 0 N–H and O–H groups in total. The minimum Gasteiger partial charge on any atom is -0.120 e. The molecule has 0 radical (unpaired) electrons. The molecule has 0 heterocycles. The topological polar surface area (TPSA) is 0 Å². The van der Waals surface area contributed by atoms with Crippen molar-refractivity contribution in [1.29, 1.82) is 0 Å². The third-order valence-corrected chi connectivity index (χ3v) is 2.87. The van der Waals surface area contributed by atoms with Crippen molar-refractivity contribution in [2.24, 2.45) is 5.92 Å². The number of aryl methyl sites for hydroxylation is 2. The average Bonchev–Trinajstić information content (AvgIpc) is 2.28. The van der Waals surface area contributed by atoms with Crippen molar-refractivity contribution in [3.8, 4) is 12.3 Å². The summed E-state index contributed by atoms with van der Waals surface area (Å²) in [4.78, 5) is 0. The Kier molecular flexibility index (Phi) is 4.43. The number of hydrogen-bond acceptors (Lipinski definition) is 0. The summed E-state index contributed by atoms with van der Waals surface area (Å²) in [6.07, 6.45) is 8.63. The second-order valence-electron chi connectivity index (χ2n) is 4.08. The molecule has 0 spiro atoms. The van der Waals surface area contributed by atoms with Crippen molar-refractivity contribution >= 4 is 0 Å². The maximum absolute atomic E-state index is 5.43. The zero-order valence-corrected chi connectivity index (χ0v) is 10.0. The molecule has 80 valence electrons. The van der Waals surface area contributed by atoms with Crippen molar-refractivity contribution in [2.75, 3.05) is 0 Å². The fraction of sp³-hybridized carbons (Fsp3) is 0.467. The van der Waals surface area contributed by atoms with Crippen LogP contribution in [0.3, 0.4) is 0 Å². The molecule has 0 saturated carbocycles. The van der Waals surface area contributed by atoms with Crippen LogP contribution in [-0.4, -0.2) is 0 Å². The third-order valence-electron chi connectivity index (χ3n) is 2.87. The minimum absolute atomic E-state index is 0.336. The highest BCUT2D eigenvalue weighted by atomic mass is 14.1. The summed E-state index contributed by atoms with van der Waals surface area (Å²) < 4.78 is 0. The van der Waals surface area contributed by atoms with Crippen LogP contribution in [0.25, 0.3) is 0 Å². The highest BCUT2D eigenvalue weighted by molar-refractivity contribution is 5.33. The fourth-order valence-corrected chi connectivity index (χ4v) is 1.82. The van der Waals surface area contributed by atoms with Gasteiger partial charge in [-0.2, -0.15) is 0 Å². The van der Waals surface area contributed by atoms with Gasteiger partial charge in [-0.25, -0.2) is 0 Å².